The second-order valence-electron chi connectivity index (χ2n) is 9.15. The summed E-state index contributed by atoms with van der Waals surface area (Å²) in [6.07, 6.45) is 29.2. The minimum Gasteiger partial charge on any atom is -0.426 e. The van der Waals surface area contributed by atoms with Gasteiger partial charge in [-0.1, -0.05) is 114 Å². The number of rotatable bonds is 16. The molecule has 0 atom stereocenters. The molecule has 2 heteroatoms. The minimum atomic E-state index is -0.137. The van der Waals surface area contributed by atoms with E-state index in [0.29, 0.717) is 18.3 Å². The molecule has 0 aliphatic heterocycles. The highest BCUT2D eigenvalue weighted by molar-refractivity contribution is 5.73. The van der Waals surface area contributed by atoms with E-state index in [2.05, 4.69) is 114 Å². The van der Waals surface area contributed by atoms with Crippen LogP contribution in [0.1, 0.15) is 109 Å². The Labute approximate surface area is 209 Å². The highest BCUT2D eigenvalue weighted by Crippen LogP contribution is 2.34. The molecule has 0 unspecified atom stereocenters. The number of benzene rings is 1. The second kappa shape index (κ2) is 18.8. The average molecular weight is 463 g/mol. The van der Waals surface area contributed by atoms with Crippen molar-refractivity contribution in [3.8, 4) is 5.75 Å². The first kappa shape index (κ1) is 29.4. The van der Waals surface area contributed by atoms with E-state index in [1.54, 1.807) is 0 Å². The lowest BCUT2D eigenvalue weighted by Gasteiger charge is -2.18. The predicted molar refractivity (Wildman–Crippen MR) is 149 cm³/mol. The second-order valence-corrected chi connectivity index (χ2v) is 9.15. The number of allylic oxidation sites excluding steroid dienone is 10. The van der Waals surface area contributed by atoms with Gasteiger partial charge in [0.1, 0.15) is 5.75 Å². The number of esters is 1. The van der Waals surface area contributed by atoms with Crippen molar-refractivity contribution in [2.75, 3.05) is 0 Å². The number of carbonyl (C=O) groups is 1. The Hall–Kier alpha value is -2.61. The van der Waals surface area contributed by atoms with E-state index in [1.807, 2.05) is 0 Å². The number of carbonyl (C=O) groups excluding carboxylic acids is 1. The highest BCUT2D eigenvalue weighted by atomic mass is 16.5. The summed E-state index contributed by atoms with van der Waals surface area (Å²) in [5.74, 6) is 1.28. The molecule has 0 radical (unpaired) electrons. The van der Waals surface area contributed by atoms with Gasteiger partial charge in [-0.15, -0.1) is 0 Å². The molecule has 0 spiro atoms. The van der Waals surface area contributed by atoms with Crippen LogP contribution in [0.4, 0.5) is 0 Å². The smallest absolute Gasteiger partial charge is 0.311 e. The lowest BCUT2D eigenvalue weighted by molar-refractivity contribution is -0.134. The van der Waals surface area contributed by atoms with Gasteiger partial charge in [0, 0.05) is 6.42 Å². The standard InChI is InChI=1S/C32H46O2/c1-6-7-8-9-10-11-12-13-14-15-16-17-18-19-20-21-22-26-31(33)34-32-29(27(2)3)24-23-25-30(32)28(4)5/h7-8,10-11,13-14,16-17,19-20,23-25,27-28H,6,9,12,15,18,21-22,26H2,1-5H3/b8-7-,11-10-,14-13-,17-16-,20-19-. The summed E-state index contributed by atoms with van der Waals surface area (Å²) in [6, 6.07) is 6.19. The zero-order chi connectivity index (χ0) is 25.0. The van der Waals surface area contributed by atoms with Crippen molar-refractivity contribution >= 4 is 5.97 Å². The fraction of sp³-hybridized carbons (Fsp3) is 0.469. The van der Waals surface area contributed by atoms with Crippen LogP contribution in [0.2, 0.25) is 0 Å². The van der Waals surface area contributed by atoms with Gasteiger partial charge in [-0.25, -0.2) is 0 Å². The van der Waals surface area contributed by atoms with Gasteiger partial charge >= 0.3 is 5.97 Å². The zero-order valence-corrected chi connectivity index (χ0v) is 22.1. The molecule has 0 aliphatic rings. The van der Waals surface area contributed by atoms with Crippen LogP contribution in [0.15, 0.2) is 79.0 Å². The molecule has 0 bridgehead atoms. The minimum absolute atomic E-state index is 0.137. The Bertz CT molecular complexity index is 808. The summed E-state index contributed by atoms with van der Waals surface area (Å²) < 4.78 is 5.84. The summed E-state index contributed by atoms with van der Waals surface area (Å²) in [5, 5.41) is 0. The zero-order valence-electron chi connectivity index (χ0n) is 22.1. The molecule has 0 saturated heterocycles. The van der Waals surface area contributed by atoms with Crippen molar-refractivity contribution in [3.05, 3.63) is 90.1 Å². The topological polar surface area (TPSA) is 26.3 Å². The molecule has 0 aliphatic carbocycles. The largest absolute Gasteiger partial charge is 0.426 e. The first-order valence-corrected chi connectivity index (χ1v) is 13.1. The first-order chi connectivity index (χ1) is 16.5. The third-order valence-electron chi connectivity index (χ3n) is 5.45. The van der Waals surface area contributed by atoms with Crippen molar-refractivity contribution in [1.29, 1.82) is 0 Å². The van der Waals surface area contributed by atoms with Crippen LogP contribution in [0, 0.1) is 0 Å². The Morgan fingerprint density at radius 3 is 1.62 bits per heavy atom. The van der Waals surface area contributed by atoms with Gasteiger partial charge in [-0.3, -0.25) is 4.79 Å². The van der Waals surface area contributed by atoms with Crippen LogP contribution in [0.25, 0.3) is 0 Å². The van der Waals surface area contributed by atoms with Crippen molar-refractivity contribution in [3.63, 3.8) is 0 Å². The van der Waals surface area contributed by atoms with Crippen molar-refractivity contribution in [2.24, 2.45) is 0 Å². The van der Waals surface area contributed by atoms with Gasteiger partial charge in [-0.05, 0) is 67.9 Å². The lowest BCUT2D eigenvalue weighted by Crippen LogP contribution is -2.12. The van der Waals surface area contributed by atoms with E-state index < -0.39 is 0 Å². The molecule has 0 fully saturated rings. The number of para-hydroxylation sites is 1. The van der Waals surface area contributed by atoms with Crippen LogP contribution in [0.3, 0.4) is 0 Å². The fourth-order valence-electron chi connectivity index (χ4n) is 3.50. The Kier molecular flexibility index (Phi) is 16.2. The normalized spacial score (nSPS) is 12.7. The number of hydrogen-bond donors (Lipinski definition) is 0. The molecule has 0 heterocycles. The molecule has 0 N–H and O–H groups in total. The van der Waals surface area contributed by atoms with E-state index in [4.69, 9.17) is 4.74 Å². The van der Waals surface area contributed by atoms with Gasteiger partial charge in [-0.2, -0.15) is 0 Å². The molecule has 186 valence electrons. The number of hydrogen-bond acceptors (Lipinski definition) is 2. The van der Waals surface area contributed by atoms with Crippen LogP contribution in [0.5, 0.6) is 5.75 Å². The molecule has 0 aromatic heterocycles. The van der Waals surface area contributed by atoms with E-state index in [0.717, 1.165) is 61.8 Å². The van der Waals surface area contributed by atoms with Crippen LogP contribution < -0.4 is 4.74 Å². The summed E-state index contributed by atoms with van der Waals surface area (Å²) in [4.78, 5) is 12.5. The lowest BCUT2D eigenvalue weighted by atomic mass is 9.94. The SMILES string of the molecule is CC/C=C\C/C=C\C/C=C\C/C=C\C/C=C\CCCC(=O)Oc1c(C(C)C)cccc1C(C)C. The van der Waals surface area contributed by atoms with Crippen molar-refractivity contribution in [1.82, 2.24) is 0 Å². The monoisotopic (exact) mass is 462 g/mol. The molecular formula is C32H46O2. The fourth-order valence-corrected chi connectivity index (χ4v) is 3.50. The van der Waals surface area contributed by atoms with Crippen molar-refractivity contribution < 1.29 is 9.53 Å². The molecule has 2 nitrogen and oxygen atoms in total. The number of unbranched alkanes of at least 4 members (excludes halogenated alkanes) is 1. The van der Waals surface area contributed by atoms with Gasteiger partial charge in [0.25, 0.3) is 0 Å². The molecule has 1 aromatic carbocycles. The Morgan fingerprint density at radius 1 is 0.735 bits per heavy atom. The molecule has 34 heavy (non-hydrogen) atoms. The molecule has 1 aromatic rings. The Morgan fingerprint density at radius 2 is 1.18 bits per heavy atom. The van der Waals surface area contributed by atoms with E-state index >= 15 is 0 Å². The van der Waals surface area contributed by atoms with Crippen LogP contribution >= 0.6 is 0 Å². The van der Waals surface area contributed by atoms with Crippen LogP contribution in [-0.4, -0.2) is 5.97 Å². The first-order valence-electron chi connectivity index (χ1n) is 13.1. The van der Waals surface area contributed by atoms with Gasteiger partial charge in [0.05, 0.1) is 0 Å². The highest BCUT2D eigenvalue weighted by Gasteiger charge is 2.17. The summed E-state index contributed by atoms with van der Waals surface area (Å²) in [5.41, 5.74) is 2.22. The number of ether oxygens (including phenoxy) is 1. The summed E-state index contributed by atoms with van der Waals surface area (Å²) >= 11 is 0. The summed E-state index contributed by atoms with van der Waals surface area (Å²) in [7, 11) is 0. The third kappa shape index (κ3) is 13.2. The maximum atomic E-state index is 12.5. The third-order valence-corrected chi connectivity index (χ3v) is 5.45. The van der Waals surface area contributed by atoms with Crippen molar-refractivity contribution in [2.45, 2.75) is 97.8 Å². The van der Waals surface area contributed by atoms with E-state index in [1.165, 1.54) is 0 Å². The molecule has 0 saturated carbocycles. The van der Waals surface area contributed by atoms with Gasteiger partial charge in [0.15, 0.2) is 0 Å². The molecular weight excluding hydrogens is 416 g/mol. The maximum absolute atomic E-state index is 12.5. The predicted octanol–water partition coefficient (Wildman–Crippen LogP) is 9.76. The average Bonchev–Trinajstić information content (AvgIpc) is 2.80. The maximum Gasteiger partial charge on any atom is 0.311 e. The molecule has 1 rings (SSSR count). The van der Waals surface area contributed by atoms with E-state index in [9.17, 15) is 4.79 Å². The quantitative estimate of drug-likeness (QED) is 0.106. The Balaban J connectivity index is 2.25. The van der Waals surface area contributed by atoms with Crippen LogP contribution in [-0.2, 0) is 4.79 Å². The van der Waals surface area contributed by atoms with Gasteiger partial charge in [0.2, 0.25) is 0 Å². The summed E-state index contributed by atoms with van der Waals surface area (Å²) in [6.45, 7) is 10.7. The van der Waals surface area contributed by atoms with E-state index in [-0.39, 0.29) is 5.97 Å². The molecule has 0 amide bonds. The van der Waals surface area contributed by atoms with Gasteiger partial charge < -0.3 is 4.74 Å².